The molecule has 1 amide bonds. The molecule has 3 N–H and O–H groups in total. The zero-order valence-corrected chi connectivity index (χ0v) is 10.6. The normalized spacial score (nSPS) is 21.1. The minimum absolute atomic E-state index is 0.00935. The number of oxime groups is 1. The van der Waals surface area contributed by atoms with Crippen molar-refractivity contribution in [2.24, 2.45) is 16.8 Å². The lowest BCUT2D eigenvalue weighted by molar-refractivity contribution is -0.133. The molecule has 1 atom stereocenters. The average molecular weight is 242 g/mol. The molecule has 0 aliphatic carbocycles. The fourth-order valence-electron chi connectivity index (χ4n) is 2.07. The third-order valence-electron chi connectivity index (χ3n) is 3.21. The van der Waals surface area contributed by atoms with Crippen molar-refractivity contribution in [3.05, 3.63) is 0 Å². The van der Waals surface area contributed by atoms with Gasteiger partial charge in [-0.05, 0) is 26.4 Å². The Hall–Kier alpha value is -1.30. The molecule has 1 aliphatic heterocycles. The van der Waals surface area contributed by atoms with Gasteiger partial charge in [0.05, 0.1) is 5.92 Å². The molecule has 1 saturated heterocycles. The predicted octanol–water partition coefficient (Wildman–Crippen LogP) is -0.0769. The highest BCUT2D eigenvalue weighted by Crippen LogP contribution is 2.11. The molecule has 0 aromatic heterocycles. The Balaban J connectivity index is 2.67. The van der Waals surface area contributed by atoms with Gasteiger partial charge in [0.1, 0.15) is 0 Å². The first-order valence-corrected chi connectivity index (χ1v) is 6.04. The summed E-state index contributed by atoms with van der Waals surface area (Å²) < 4.78 is 0. The molecule has 1 rings (SSSR count). The van der Waals surface area contributed by atoms with Gasteiger partial charge in [-0.1, -0.05) is 12.1 Å². The minimum Gasteiger partial charge on any atom is -0.409 e. The molecule has 1 heterocycles. The van der Waals surface area contributed by atoms with Crippen LogP contribution in [0.4, 0.5) is 0 Å². The molecule has 1 fully saturated rings. The predicted molar refractivity (Wildman–Crippen MR) is 65.9 cm³/mol. The highest BCUT2D eigenvalue weighted by molar-refractivity contribution is 6.02. The van der Waals surface area contributed by atoms with Gasteiger partial charge in [-0.3, -0.25) is 4.79 Å². The Morgan fingerprint density at radius 1 is 1.41 bits per heavy atom. The number of likely N-dealkylation sites (N-methyl/N-ethyl adjacent to an activating group) is 1. The van der Waals surface area contributed by atoms with Crippen molar-refractivity contribution >= 4 is 11.7 Å². The lowest BCUT2D eigenvalue weighted by atomic mass is 10.0. The quantitative estimate of drug-likeness (QED) is 0.314. The van der Waals surface area contributed by atoms with Gasteiger partial charge in [-0.15, -0.1) is 0 Å². The van der Waals surface area contributed by atoms with Crippen molar-refractivity contribution in [2.75, 3.05) is 33.2 Å². The Labute approximate surface area is 102 Å². The van der Waals surface area contributed by atoms with Gasteiger partial charge in [-0.2, -0.15) is 0 Å². The number of carbonyl (C=O) groups excluding carboxylic acids is 1. The van der Waals surface area contributed by atoms with Crippen molar-refractivity contribution in [1.29, 1.82) is 0 Å². The van der Waals surface area contributed by atoms with Gasteiger partial charge in [-0.25, -0.2) is 0 Å². The zero-order chi connectivity index (χ0) is 12.8. The summed E-state index contributed by atoms with van der Waals surface area (Å²) in [7, 11) is 2.05. The van der Waals surface area contributed by atoms with E-state index in [9.17, 15) is 4.79 Å². The van der Waals surface area contributed by atoms with E-state index in [0.29, 0.717) is 13.0 Å². The molecule has 1 unspecified atom stereocenters. The van der Waals surface area contributed by atoms with Crippen molar-refractivity contribution < 1.29 is 10.0 Å². The zero-order valence-electron chi connectivity index (χ0n) is 10.6. The number of hydrogen-bond donors (Lipinski definition) is 2. The molecule has 0 aromatic carbocycles. The maximum absolute atomic E-state index is 12.2. The van der Waals surface area contributed by atoms with Gasteiger partial charge in [0, 0.05) is 19.6 Å². The molecule has 0 saturated carbocycles. The fraction of sp³-hybridized carbons (Fsp3) is 0.818. The number of amides is 1. The van der Waals surface area contributed by atoms with Crippen LogP contribution in [0.2, 0.25) is 0 Å². The van der Waals surface area contributed by atoms with Gasteiger partial charge in [0.15, 0.2) is 5.84 Å². The third kappa shape index (κ3) is 3.59. The van der Waals surface area contributed by atoms with E-state index < -0.39 is 5.92 Å². The SMILES string of the molecule is CCC(C(=O)N1CCCN(C)CC1)C(N)=NO. The van der Waals surface area contributed by atoms with Crippen LogP contribution in [0, 0.1) is 5.92 Å². The standard InChI is InChI=1S/C11H22N4O2/c1-3-9(10(12)13-17)11(16)15-6-4-5-14(2)7-8-15/h9,17H,3-8H2,1-2H3,(H2,12,13). The van der Waals surface area contributed by atoms with Crippen molar-refractivity contribution in [3.8, 4) is 0 Å². The molecular formula is C11H22N4O2. The maximum Gasteiger partial charge on any atom is 0.233 e. The van der Waals surface area contributed by atoms with E-state index in [4.69, 9.17) is 10.9 Å². The van der Waals surface area contributed by atoms with Crippen LogP contribution in [0.3, 0.4) is 0 Å². The molecule has 6 nitrogen and oxygen atoms in total. The summed E-state index contributed by atoms with van der Waals surface area (Å²) in [6, 6.07) is 0. The first-order valence-electron chi connectivity index (χ1n) is 6.04. The number of nitrogens with zero attached hydrogens (tertiary/aromatic N) is 3. The molecule has 6 heteroatoms. The van der Waals surface area contributed by atoms with Crippen LogP contribution in [0.25, 0.3) is 0 Å². The Kier molecular flexibility index (Phi) is 5.21. The minimum atomic E-state index is -0.497. The summed E-state index contributed by atoms with van der Waals surface area (Å²) in [5.41, 5.74) is 5.54. The maximum atomic E-state index is 12.2. The fourth-order valence-corrected chi connectivity index (χ4v) is 2.07. The summed E-state index contributed by atoms with van der Waals surface area (Å²) in [6.07, 6.45) is 1.52. The number of hydrogen-bond acceptors (Lipinski definition) is 4. The van der Waals surface area contributed by atoms with Crippen molar-refractivity contribution in [2.45, 2.75) is 19.8 Å². The summed E-state index contributed by atoms with van der Waals surface area (Å²) in [4.78, 5) is 16.2. The van der Waals surface area contributed by atoms with E-state index in [1.807, 2.05) is 11.8 Å². The average Bonchev–Trinajstić information content (AvgIpc) is 2.54. The Morgan fingerprint density at radius 2 is 2.12 bits per heavy atom. The van der Waals surface area contributed by atoms with Gasteiger partial charge < -0.3 is 20.7 Å². The smallest absolute Gasteiger partial charge is 0.233 e. The molecule has 0 bridgehead atoms. The second-order valence-corrected chi connectivity index (χ2v) is 4.47. The number of nitrogens with two attached hydrogens (primary N) is 1. The summed E-state index contributed by atoms with van der Waals surface area (Å²) in [5.74, 6) is -0.517. The molecular weight excluding hydrogens is 220 g/mol. The second kappa shape index (κ2) is 6.44. The van der Waals surface area contributed by atoms with Gasteiger partial charge in [0.2, 0.25) is 5.91 Å². The van der Waals surface area contributed by atoms with Gasteiger partial charge >= 0.3 is 0 Å². The number of amidine groups is 1. The summed E-state index contributed by atoms with van der Waals surface area (Å²) in [5, 5.41) is 11.6. The van der Waals surface area contributed by atoms with Crippen LogP contribution in [0.1, 0.15) is 19.8 Å². The molecule has 1 aliphatic rings. The number of carbonyl (C=O) groups is 1. The molecule has 17 heavy (non-hydrogen) atoms. The highest BCUT2D eigenvalue weighted by Gasteiger charge is 2.27. The molecule has 0 spiro atoms. The number of rotatable bonds is 3. The van der Waals surface area contributed by atoms with Crippen LogP contribution >= 0.6 is 0 Å². The Bertz CT molecular complexity index is 293. The van der Waals surface area contributed by atoms with Crippen molar-refractivity contribution in [3.63, 3.8) is 0 Å². The first kappa shape index (κ1) is 13.8. The highest BCUT2D eigenvalue weighted by atomic mass is 16.4. The molecule has 0 aromatic rings. The summed E-state index contributed by atoms with van der Waals surface area (Å²) in [6.45, 7) is 5.20. The monoisotopic (exact) mass is 242 g/mol. The van der Waals surface area contributed by atoms with E-state index in [1.54, 1.807) is 0 Å². The Morgan fingerprint density at radius 3 is 2.71 bits per heavy atom. The summed E-state index contributed by atoms with van der Waals surface area (Å²) >= 11 is 0. The van der Waals surface area contributed by atoms with Crippen LogP contribution in [-0.2, 0) is 4.79 Å². The largest absolute Gasteiger partial charge is 0.409 e. The van der Waals surface area contributed by atoms with E-state index in [-0.39, 0.29) is 11.7 Å². The lowest BCUT2D eigenvalue weighted by Gasteiger charge is -2.24. The van der Waals surface area contributed by atoms with Crippen molar-refractivity contribution in [1.82, 2.24) is 9.80 Å². The lowest BCUT2D eigenvalue weighted by Crippen LogP contribution is -2.43. The van der Waals surface area contributed by atoms with Crippen LogP contribution in [0.5, 0.6) is 0 Å². The first-order chi connectivity index (χ1) is 8.10. The van der Waals surface area contributed by atoms with Crippen LogP contribution in [-0.4, -0.2) is 60.0 Å². The van der Waals surface area contributed by atoms with E-state index in [0.717, 1.165) is 26.1 Å². The van der Waals surface area contributed by atoms with Gasteiger partial charge in [0.25, 0.3) is 0 Å². The third-order valence-corrected chi connectivity index (χ3v) is 3.21. The second-order valence-electron chi connectivity index (χ2n) is 4.47. The molecule has 98 valence electrons. The molecule has 0 radical (unpaired) electrons. The topological polar surface area (TPSA) is 82.2 Å². The van der Waals surface area contributed by atoms with E-state index >= 15 is 0 Å². The van der Waals surface area contributed by atoms with E-state index in [1.165, 1.54) is 0 Å². The van der Waals surface area contributed by atoms with Crippen LogP contribution in [0.15, 0.2) is 5.16 Å². The van der Waals surface area contributed by atoms with Crippen LogP contribution < -0.4 is 5.73 Å². The van der Waals surface area contributed by atoms with E-state index in [2.05, 4.69) is 17.1 Å².